The monoisotopic (exact) mass is 254 g/mol. The summed E-state index contributed by atoms with van der Waals surface area (Å²) in [6.45, 7) is 3.11. The van der Waals surface area contributed by atoms with Crippen LogP contribution in [0, 0.1) is 0 Å². The third kappa shape index (κ3) is 2.53. The summed E-state index contributed by atoms with van der Waals surface area (Å²) in [5.41, 5.74) is -0.0823. The van der Waals surface area contributed by atoms with E-state index in [0.717, 1.165) is 51.9 Å². The van der Waals surface area contributed by atoms with Crippen LogP contribution in [0.15, 0.2) is 0 Å². The van der Waals surface area contributed by atoms with Gasteiger partial charge in [-0.2, -0.15) is 0 Å². The van der Waals surface area contributed by atoms with Gasteiger partial charge in [0.25, 0.3) is 0 Å². The minimum Gasteiger partial charge on any atom is -0.378 e. The van der Waals surface area contributed by atoms with E-state index in [0.29, 0.717) is 12.6 Å². The van der Waals surface area contributed by atoms with E-state index in [1.165, 1.54) is 0 Å². The average molecular weight is 254 g/mol. The molecule has 0 bridgehead atoms. The van der Waals surface area contributed by atoms with Gasteiger partial charge in [0.15, 0.2) is 0 Å². The van der Waals surface area contributed by atoms with Gasteiger partial charge in [-0.1, -0.05) is 0 Å². The molecular weight excluding hydrogens is 232 g/mol. The second-order valence-electron chi connectivity index (χ2n) is 5.68. The number of rotatable bonds is 2. The third-order valence-corrected chi connectivity index (χ3v) is 4.28. The van der Waals surface area contributed by atoms with Crippen LogP contribution >= 0.6 is 0 Å². The second-order valence-corrected chi connectivity index (χ2v) is 5.68. The van der Waals surface area contributed by atoms with Crippen molar-refractivity contribution in [3.8, 4) is 0 Å². The van der Waals surface area contributed by atoms with E-state index in [4.69, 9.17) is 9.47 Å². The molecule has 0 radical (unpaired) electrons. The molecule has 0 aromatic heterocycles. The summed E-state index contributed by atoms with van der Waals surface area (Å²) in [5.74, 6) is 0.157. The number of carbonyl (C=O) groups excluding carboxylic acids is 1. The first kappa shape index (κ1) is 12.4. The zero-order valence-corrected chi connectivity index (χ0v) is 10.7. The lowest BCUT2D eigenvalue weighted by Crippen LogP contribution is -2.55. The zero-order chi connectivity index (χ0) is 12.4. The van der Waals surface area contributed by atoms with Crippen LogP contribution in [0.1, 0.15) is 32.1 Å². The third-order valence-electron chi connectivity index (χ3n) is 4.28. The number of nitrogens with one attached hydrogen (secondary N) is 2. The molecule has 3 saturated heterocycles. The van der Waals surface area contributed by atoms with Gasteiger partial charge in [0.2, 0.25) is 5.91 Å². The molecule has 5 nitrogen and oxygen atoms in total. The zero-order valence-electron chi connectivity index (χ0n) is 10.7. The van der Waals surface area contributed by atoms with Crippen molar-refractivity contribution in [3.05, 3.63) is 0 Å². The van der Waals surface area contributed by atoms with E-state index in [1.54, 1.807) is 0 Å². The van der Waals surface area contributed by atoms with Crippen LogP contribution in [-0.2, 0) is 14.3 Å². The van der Waals surface area contributed by atoms with E-state index in [2.05, 4.69) is 10.6 Å². The molecule has 3 rings (SSSR count). The molecule has 0 saturated carbocycles. The van der Waals surface area contributed by atoms with Crippen molar-refractivity contribution in [2.24, 2.45) is 0 Å². The van der Waals surface area contributed by atoms with Crippen LogP contribution < -0.4 is 10.6 Å². The van der Waals surface area contributed by atoms with E-state index >= 15 is 0 Å². The van der Waals surface area contributed by atoms with Crippen LogP contribution in [-0.4, -0.2) is 50.0 Å². The van der Waals surface area contributed by atoms with Gasteiger partial charge in [-0.15, -0.1) is 0 Å². The van der Waals surface area contributed by atoms with Crippen LogP contribution in [0.4, 0.5) is 0 Å². The number of piperidine rings is 1. The van der Waals surface area contributed by atoms with Crippen molar-refractivity contribution in [2.75, 3.05) is 26.4 Å². The second kappa shape index (κ2) is 5.15. The molecule has 3 fully saturated rings. The molecule has 3 aliphatic rings. The highest BCUT2D eigenvalue weighted by atomic mass is 16.6. The molecule has 1 spiro atoms. The van der Waals surface area contributed by atoms with Crippen molar-refractivity contribution < 1.29 is 14.3 Å². The Morgan fingerprint density at radius 3 is 3.06 bits per heavy atom. The Morgan fingerprint density at radius 2 is 2.28 bits per heavy atom. The normalized spacial score (nSPS) is 41.0. The smallest absolute Gasteiger partial charge is 0.237 e. The Balaban J connectivity index is 1.57. The SMILES string of the molecule is O=C1NCCCC1NC1CCOC2(CCOC2)C1. The number of hydrogen-bond donors (Lipinski definition) is 2. The molecule has 1 amide bonds. The molecule has 18 heavy (non-hydrogen) atoms. The van der Waals surface area contributed by atoms with E-state index in [-0.39, 0.29) is 17.6 Å². The van der Waals surface area contributed by atoms with E-state index in [9.17, 15) is 4.79 Å². The van der Waals surface area contributed by atoms with Crippen LogP contribution in [0.5, 0.6) is 0 Å². The lowest BCUT2D eigenvalue weighted by molar-refractivity contribution is -0.126. The minimum absolute atomic E-state index is 0.0128. The molecule has 2 N–H and O–H groups in total. The standard InChI is InChI=1S/C13H22N2O3/c16-12-11(2-1-5-14-12)15-10-3-6-18-13(8-10)4-7-17-9-13/h10-11,15H,1-9H2,(H,14,16). The molecule has 3 heterocycles. The van der Waals surface area contributed by atoms with Gasteiger partial charge in [0.1, 0.15) is 0 Å². The fourth-order valence-corrected chi connectivity index (χ4v) is 3.25. The van der Waals surface area contributed by atoms with Gasteiger partial charge >= 0.3 is 0 Å². The largest absolute Gasteiger partial charge is 0.378 e. The van der Waals surface area contributed by atoms with Crippen molar-refractivity contribution in [1.82, 2.24) is 10.6 Å². The van der Waals surface area contributed by atoms with Crippen molar-refractivity contribution in [2.45, 2.75) is 49.8 Å². The molecule has 0 aromatic carbocycles. The highest BCUT2D eigenvalue weighted by Gasteiger charge is 2.41. The lowest BCUT2D eigenvalue weighted by Gasteiger charge is -2.39. The maximum absolute atomic E-state index is 11.8. The highest BCUT2D eigenvalue weighted by molar-refractivity contribution is 5.82. The Morgan fingerprint density at radius 1 is 1.33 bits per heavy atom. The molecule has 3 unspecified atom stereocenters. The molecule has 3 atom stereocenters. The number of amides is 1. The Hall–Kier alpha value is -0.650. The van der Waals surface area contributed by atoms with Gasteiger partial charge in [-0.05, 0) is 25.7 Å². The van der Waals surface area contributed by atoms with E-state index in [1.807, 2.05) is 0 Å². The summed E-state index contributed by atoms with van der Waals surface area (Å²) >= 11 is 0. The molecule has 102 valence electrons. The Bertz CT molecular complexity index is 315. The molecule has 3 aliphatic heterocycles. The fraction of sp³-hybridized carbons (Fsp3) is 0.923. The summed E-state index contributed by atoms with van der Waals surface area (Å²) in [4.78, 5) is 11.8. The minimum atomic E-state index is -0.0823. The predicted molar refractivity (Wildman–Crippen MR) is 66.3 cm³/mol. The van der Waals surface area contributed by atoms with Gasteiger partial charge < -0.3 is 20.1 Å². The molecule has 0 aromatic rings. The molecule has 0 aliphatic carbocycles. The predicted octanol–water partition coefficient (Wildman–Crippen LogP) is 0.193. The molecule has 5 heteroatoms. The van der Waals surface area contributed by atoms with Crippen molar-refractivity contribution in [3.63, 3.8) is 0 Å². The van der Waals surface area contributed by atoms with Gasteiger partial charge in [-0.3, -0.25) is 4.79 Å². The number of carbonyl (C=O) groups is 1. The summed E-state index contributed by atoms with van der Waals surface area (Å²) in [7, 11) is 0. The summed E-state index contributed by atoms with van der Waals surface area (Å²) in [6.07, 6.45) is 4.97. The summed E-state index contributed by atoms with van der Waals surface area (Å²) in [5, 5.41) is 6.44. The first-order valence-electron chi connectivity index (χ1n) is 7.03. The average Bonchev–Trinajstić information content (AvgIpc) is 2.80. The topological polar surface area (TPSA) is 59.6 Å². The number of ether oxygens (including phenoxy) is 2. The van der Waals surface area contributed by atoms with Gasteiger partial charge in [0.05, 0.1) is 18.2 Å². The van der Waals surface area contributed by atoms with Crippen LogP contribution in [0.3, 0.4) is 0 Å². The Labute approximate surface area is 108 Å². The fourth-order valence-electron chi connectivity index (χ4n) is 3.25. The summed E-state index contributed by atoms with van der Waals surface area (Å²) in [6, 6.07) is 0.371. The van der Waals surface area contributed by atoms with Crippen molar-refractivity contribution >= 4 is 5.91 Å². The quantitative estimate of drug-likeness (QED) is 0.739. The van der Waals surface area contributed by atoms with Crippen LogP contribution in [0.2, 0.25) is 0 Å². The maximum Gasteiger partial charge on any atom is 0.237 e. The molecular formula is C13H22N2O3. The summed E-state index contributed by atoms with van der Waals surface area (Å²) < 4.78 is 11.4. The lowest BCUT2D eigenvalue weighted by atomic mass is 9.89. The number of hydrogen-bond acceptors (Lipinski definition) is 4. The van der Waals surface area contributed by atoms with E-state index < -0.39 is 0 Å². The first-order valence-corrected chi connectivity index (χ1v) is 7.03. The highest BCUT2D eigenvalue weighted by Crippen LogP contribution is 2.33. The Kier molecular flexibility index (Phi) is 3.54. The van der Waals surface area contributed by atoms with Crippen molar-refractivity contribution in [1.29, 1.82) is 0 Å². The van der Waals surface area contributed by atoms with Gasteiger partial charge in [0, 0.05) is 32.2 Å². The first-order chi connectivity index (χ1) is 8.77. The van der Waals surface area contributed by atoms with Crippen LogP contribution in [0.25, 0.3) is 0 Å². The van der Waals surface area contributed by atoms with Gasteiger partial charge in [-0.25, -0.2) is 0 Å². The maximum atomic E-state index is 11.8.